The summed E-state index contributed by atoms with van der Waals surface area (Å²) in [5, 5.41) is 11.4. The van der Waals surface area contributed by atoms with E-state index in [9.17, 15) is 4.79 Å². The fraction of sp³-hybridized carbons (Fsp3) is 0.750. The zero-order chi connectivity index (χ0) is 19.9. The van der Waals surface area contributed by atoms with Crippen molar-refractivity contribution < 1.29 is 4.79 Å². The molecule has 28 heavy (non-hydrogen) atoms. The van der Waals surface area contributed by atoms with Gasteiger partial charge in [-0.15, -0.1) is 0 Å². The molecule has 2 fully saturated rings. The van der Waals surface area contributed by atoms with Crippen molar-refractivity contribution in [3.8, 4) is 0 Å². The van der Waals surface area contributed by atoms with E-state index in [1.165, 1.54) is 37.7 Å². The largest absolute Gasteiger partial charge is 0.293 e. The molecule has 0 radical (unpaired) electrons. The summed E-state index contributed by atoms with van der Waals surface area (Å²) in [7, 11) is 0. The average Bonchev–Trinajstić information content (AvgIpc) is 3.39. The zero-order valence-electron chi connectivity index (χ0n) is 18.0. The van der Waals surface area contributed by atoms with Gasteiger partial charge in [-0.1, -0.05) is 40.5 Å². The summed E-state index contributed by atoms with van der Waals surface area (Å²) >= 11 is 1.74. The first-order chi connectivity index (χ1) is 13.4. The van der Waals surface area contributed by atoms with Crippen LogP contribution in [0.4, 0.5) is 0 Å². The van der Waals surface area contributed by atoms with E-state index >= 15 is 0 Å². The Morgan fingerprint density at radius 3 is 2.75 bits per heavy atom. The number of hydrazone groups is 1. The summed E-state index contributed by atoms with van der Waals surface area (Å²) in [5.74, 6) is 1.64. The summed E-state index contributed by atoms with van der Waals surface area (Å²) < 4.78 is 0. The van der Waals surface area contributed by atoms with E-state index in [0.717, 1.165) is 31.0 Å². The van der Waals surface area contributed by atoms with Crippen molar-refractivity contribution >= 4 is 22.8 Å². The number of unbranched alkanes of at least 4 members (excludes halogenated alkanes) is 2. The van der Waals surface area contributed by atoms with Gasteiger partial charge in [0.05, 0.1) is 6.04 Å². The number of thiophene rings is 1. The number of carbonyl (C=O) groups is 1. The Kier molecular flexibility index (Phi) is 5.45. The van der Waals surface area contributed by atoms with E-state index in [2.05, 4.69) is 49.5 Å². The van der Waals surface area contributed by atoms with Crippen molar-refractivity contribution in [2.24, 2.45) is 27.8 Å². The molecule has 1 aromatic rings. The highest BCUT2D eigenvalue weighted by molar-refractivity contribution is 7.08. The van der Waals surface area contributed by atoms with Crippen molar-refractivity contribution in [1.29, 1.82) is 0 Å². The highest BCUT2D eigenvalue weighted by atomic mass is 32.1. The molecule has 4 atom stereocenters. The maximum atomic E-state index is 13.3. The van der Waals surface area contributed by atoms with Crippen LogP contribution in [0.5, 0.6) is 0 Å². The van der Waals surface area contributed by atoms with Gasteiger partial charge in [0.15, 0.2) is 5.78 Å². The van der Waals surface area contributed by atoms with Crippen LogP contribution in [0.15, 0.2) is 21.9 Å². The number of ketones is 1. The van der Waals surface area contributed by atoms with Crippen LogP contribution >= 0.6 is 11.3 Å². The fourth-order valence-corrected chi connectivity index (χ4v) is 6.93. The lowest BCUT2D eigenvalue weighted by Crippen LogP contribution is -2.34. The molecule has 4 rings (SSSR count). The van der Waals surface area contributed by atoms with Crippen LogP contribution in [0.2, 0.25) is 0 Å². The SMILES string of the molecule is CCCCCN1N=C(C(=O)C[C@H]2C[C@H]3CC[C@]2(C)C3(C)C)CC1c1ccsc1. The summed E-state index contributed by atoms with van der Waals surface area (Å²) in [6.07, 6.45) is 8.95. The number of carbonyl (C=O) groups excluding carboxylic acids is 1. The Bertz CT molecular complexity index is 738. The van der Waals surface area contributed by atoms with E-state index < -0.39 is 0 Å². The van der Waals surface area contributed by atoms with Gasteiger partial charge in [-0.25, -0.2) is 0 Å². The van der Waals surface area contributed by atoms with Crippen LogP contribution in [-0.2, 0) is 4.79 Å². The molecule has 0 N–H and O–H groups in total. The number of Topliss-reactive ketones (excluding diaryl/α,β-unsaturated/α-hetero) is 1. The topological polar surface area (TPSA) is 32.7 Å². The van der Waals surface area contributed by atoms with Gasteiger partial charge in [-0.3, -0.25) is 9.80 Å². The minimum absolute atomic E-state index is 0.258. The second-order valence-electron chi connectivity index (χ2n) is 10.1. The van der Waals surface area contributed by atoms with Crippen molar-refractivity contribution in [3.05, 3.63) is 22.4 Å². The predicted octanol–water partition coefficient (Wildman–Crippen LogP) is 6.46. The molecule has 0 amide bonds. The minimum atomic E-state index is 0.258. The van der Waals surface area contributed by atoms with Gasteiger partial charge in [-0.05, 0) is 70.7 Å². The van der Waals surface area contributed by atoms with E-state index in [1.807, 2.05) is 0 Å². The van der Waals surface area contributed by atoms with Gasteiger partial charge in [0.1, 0.15) is 5.71 Å². The summed E-state index contributed by atoms with van der Waals surface area (Å²) in [6, 6.07) is 2.46. The maximum Gasteiger partial charge on any atom is 0.179 e. The Labute approximate surface area is 174 Å². The first kappa shape index (κ1) is 20.1. The van der Waals surface area contributed by atoms with Crippen molar-refractivity contribution in [2.75, 3.05) is 6.54 Å². The molecule has 3 nitrogen and oxygen atoms in total. The monoisotopic (exact) mass is 400 g/mol. The van der Waals surface area contributed by atoms with Crippen LogP contribution < -0.4 is 0 Å². The minimum Gasteiger partial charge on any atom is -0.293 e. The van der Waals surface area contributed by atoms with Gasteiger partial charge < -0.3 is 0 Å². The molecule has 2 saturated carbocycles. The number of hydrogen-bond acceptors (Lipinski definition) is 4. The molecule has 1 aromatic heterocycles. The number of nitrogens with zero attached hydrogens (tertiary/aromatic N) is 2. The highest BCUT2D eigenvalue weighted by Crippen LogP contribution is 2.68. The van der Waals surface area contributed by atoms with Gasteiger partial charge >= 0.3 is 0 Å². The number of fused-ring (bicyclic) bond motifs is 2. The van der Waals surface area contributed by atoms with Crippen LogP contribution in [0, 0.1) is 22.7 Å². The molecule has 0 spiro atoms. The maximum absolute atomic E-state index is 13.3. The third-order valence-corrected chi connectivity index (χ3v) is 9.34. The van der Waals surface area contributed by atoms with Crippen molar-refractivity contribution in [2.45, 2.75) is 85.1 Å². The normalized spacial score (nSPS) is 33.5. The quantitative estimate of drug-likeness (QED) is 0.469. The third-order valence-electron chi connectivity index (χ3n) is 8.64. The standard InChI is InChI=1S/C24H36N2OS/c1-5-6-7-11-26-21(17-9-12-28-16-17)15-20(25-26)22(27)14-19-13-18-8-10-24(19,4)23(18,2)3/h9,12,16,18-19,21H,5-8,10-11,13-15H2,1-4H3/t18-,19-,21?,24+/m1/s1. The summed E-state index contributed by atoms with van der Waals surface area (Å²) in [6.45, 7) is 10.5. The second-order valence-corrected chi connectivity index (χ2v) is 10.9. The lowest BCUT2D eigenvalue weighted by atomic mass is 9.65. The molecule has 0 saturated heterocycles. The Morgan fingerprint density at radius 2 is 2.14 bits per heavy atom. The number of rotatable bonds is 8. The Balaban J connectivity index is 1.46. The van der Waals surface area contributed by atoms with Crippen LogP contribution in [0.3, 0.4) is 0 Å². The molecular weight excluding hydrogens is 364 g/mol. The highest BCUT2D eigenvalue weighted by Gasteiger charge is 2.61. The first-order valence-corrected chi connectivity index (χ1v) is 12.2. The van der Waals surface area contributed by atoms with Crippen molar-refractivity contribution in [3.63, 3.8) is 0 Å². The van der Waals surface area contributed by atoms with Crippen LogP contribution in [0.1, 0.15) is 90.7 Å². The molecule has 2 heterocycles. The number of hydrogen-bond donors (Lipinski definition) is 0. The van der Waals surface area contributed by atoms with Gasteiger partial charge in [0, 0.05) is 19.4 Å². The summed E-state index contributed by atoms with van der Waals surface area (Å²) in [4.78, 5) is 13.3. The molecule has 3 aliphatic rings. The first-order valence-electron chi connectivity index (χ1n) is 11.3. The molecule has 0 aromatic carbocycles. The summed E-state index contributed by atoms with van der Waals surface area (Å²) in [5.41, 5.74) is 2.85. The third kappa shape index (κ3) is 3.26. The molecule has 4 heteroatoms. The van der Waals surface area contributed by atoms with Gasteiger partial charge in [-0.2, -0.15) is 16.4 Å². The van der Waals surface area contributed by atoms with Crippen LogP contribution in [0.25, 0.3) is 0 Å². The lowest BCUT2D eigenvalue weighted by molar-refractivity contribution is -0.115. The predicted molar refractivity (Wildman–Crippen MR) is 118 cm³/mol. The fourth-order valence-electron chi connectivity index (χ4n) is 6.23. The zero-order valence-corrected chi connectivity index (χ0v) is 18.9. The van der Waals surface area contributed by atoms with E-state index in [4.69, 9.17) is 5.10 Å². The van der Waals surface area contributed by atoms with Crippen LogP contribution in [-0.4, -0.2) is 23.0 Å². The molecule has 2 aliphatic carbocycles. The Morgan fingerprint density at radius 1 is 1.32 bits per heavy atom. The molecular formula is C24H36N2OS. The van der Waals surface area contributed by atoms with E-state index in [0.29, 0.717) is 29.0 Å². The van der Waals surface area contributed by atoms with Gasteiger partial charge in [0.2, 0.25) is 0 Å². The van der Waals surface area contributed by atoms with Crippen molar-refractivity contribution in [1.82, 2.24) is 5.01 Å². The van der Waals surface area contributed by atoms with E-state index in [-0.39, 0.29) is 6.04 Å². The molecule has 1 unspecified atom stereocenters. The second kappa shape index (κ2) is 7.59. The van der Waals surface area contributed by atoms with E-state index in [1.54, 1.807) is 11.3 Å². The smallest absolute Gasteiger partial charge is 0.179 e. The Hall–Kier alpha value is -1.16. The molecule has 1 aliphatic heterocycles. The van der Waals surface area contributed by atoms with Gasteiger partial charge in [0.25, 0.3) is 0 Å². The average molecular weight is 401 g/mol. The molecule has 154 valence electrons. The lowest BCUT2D eigenvalue weighted by Gasteiger charge is -2.39. The molecule has 2 bridgehead atoms.